The molecule has 0 saturated heterocycles. The fraction of sp³-hybridized carbons (Fsp3) is 0.438. The summed E-state index contributed by atoms with van der Waals surface area (Å²) in [7, 11) is 1.58. The minimum atomic E-state index is -0.281. The van der Waals surface area contributed by atoms with Gasteiger partial charge in [0, 0.05) is 7.11 Å². The molecule has 19 heavy (non-hydrogen) atoms. The molecule has 0 N–H and O–H groups in total. The summed E-state index contributed by atoms with van der Waals surface area (Å²) in [6, 6.07) is 9.80. The third-order valence-corrected chi connectivity index (χ3v) is 2.93. The zero-order valence-electron chi connectivity index (χ0n) is 11.9. The molecule has 0 aliphatic carbocycles. The number of hydrogen-bond donors (Lipinski definition) is 0. The van der Waals surface area contributed by atoms with Crippen molar-refractivity contribution in [3.63, 3.8) is 0 Å². The van der Waals surface area contributed by atoms with Crippen LogP contribution in [0.5, 0.6) is 0 Å². The number of unbranched alkanes of at least 4 members (excludes halogenated alkanes) is 1. The molecule has 0 aliphatic rings. The van der Waals surface area contributed by atoms with Crippen molar-refractivity contribution >= 4 is 11.5 Å². The largest absolute Gasteiger partial charge is 0.462 e. The Morgan fingerprint density at radius 2 is 1.89 bits per heavy atom. The number of carbonyl (C=O) groups excluding carboxylic acids is 1. The molecule has 0 radical (unpaired) electrons. The van der Waals surface area contributed by atoms with E-state index in [-0.39, 0.29) is 12.6 Å². The lowest BCUT2D eigenvalue weighted by atomic mass is 10.0. The number of rotatable bonds is 7. The maximum absolute atomic E-state index is 12.1. The minimum absolute atomic E-state index is 0.270. The van der Waals surface area contributed by atoms with E-state index < -0.39 is 0 Å². The summed E-state index contributed by atoms with van der Waals surface area (Å²) < 4.78 is 10.4. The van der Waals surface area contributed by atoms with E-state index in [1.54, 1.807) is 7.11 Å². The Hall–Kier alpha value is -1.61. The highest BCUT2D eigenvalue weighted by molar-refractivity contribution is 5.97. The van der Waals surface area contributed by atoms with Crippen molar-refractivity contribution in [1.82, 2.24) is 0 Å². The highest BCUT2D eigenvalue weighted by Crippen LogP contribution is 2.19. The van der Waals surface area contributed by atoms with Gasteiger partial charge in [0.2, 0.25) is 0 Å². The van der Waals surface area contributed by atoms with Gasteiger partial charge in [-0.25, -0.2) is 4.79 Å². The molecular formula is C16H22O3. The maximum Gasteiger partial charge on any atom is 0.336 e. The number of esters is 1. The van der Waals surface area contributed by atoms with Gasteiger partial charge in [-0.15, -0.1) is 0 Å². The predicted octanol–water partition coefficient (Wildman–Crippen LogP) is 3.45. The molecule has 0 fully saturated rings. The average molecular weight is 262 g/mol. The van der Waals surface area contributed by atoms with Gasteiger partial charge >= 0.3 is 5.97 Å². The Balaban J connectivity index is 2.88. The first kappa shape index (κ1) is 15.4. The summed E-state index contributed by atoms with van der Waals surface area (Å²) in [6.07, 6.45) is 1.89. The van der Waals surface area contributed by atoms with Crippen molar-refractivity contribution in [2.24, 2.45) is 0 Å². The van der Waals surface area contributed by atoms with Crippen molar-refractivity contribution < 1.29 is 14.3 Å². The van der Waals surface area contributed by atoms with E-state index in [0.717, 1.165) is 24.0 Å². The molecule has 104 valence electrons. The first-order valence-corrected chi connectivity index (χ1v) is 6.62. The molecular weight excluding hydrogens is 240 g/mol. The SMILES string of the molecule is CCCCOC(=O)C(COC)=C(C)c1ccccc1. The standard InChI is InChI=1S/C16H22O3/c1-4-5-11-19-16(17)15(12-18-3)13(2)14-9-7-6-8-10-14/h6-10H,4-5,11-12H2,1-3H3. The second-order valence-corrected chi connectivity index (χ2v) is 4.39. The number of carbonyl (C=O) groups is 1. The summed E-state index contributed by atoms with van der Waals surface area (Å²) in [6.45, 7) is 4.72. The van der Waals surface area contributed by atoms with Gasteiger partial charge in [-0.05, 0) is 24.5 Å². The highest BCUT2D eigenvalue weighted by atomic mass is 16.5. The molecule has 3 heteroatoms. The second kappa shape index (κ2) is 8.48. The van der Waals surface area contributed by atoms with E-state index in [1.165, 1.54) is 0 Å². The molecule has 0 atom stereocenters. The molecule has 0 unspecified atom stereocenters. The molecule has 1 rings (SSSR count). The van der Waals surface area contributed by atoms with Crippen molar-refractivity contribution in [2.75, 3.05) is 20.3 Å². The summed E-state index contributed by atoms with van der Waals surface area (Å²) in [4.78, 5) is 12.1. The molecule has 0 aromatic heterocycles. The fourth-order valence-electron chi connectivity index (χ4n) is 1.72. The number of ether oxygens (including phenoxy) is 2. The normalized spacial score (nSPS) is 11.9. The van der Waals surface area contributed by atoms with Crippen LogP contribution in [0.1, 0.15) is 32.3 Å². The molecule has 1 aromatic rings. The minimum Gasteiger partial charge on any atom is -0.462 e. The van der Waals surface area contributed by atoms with E-state index in [1.807, 2.05) is 37.3 Å². The molecule has 0 bridgehead atoms. The first-order chi connectivity index (χ1) is 9.20. The van der Waals surface area contributed by atoms with Crippen LogP contribution in [-0.2, 0) is 14.3 Å². The van der Waals surface area contributed by atoms with Crippen LogP contribution in [-0.4, -0.2) is 26.3 Å². The third kappa shape index (κ3) is 4.87. The highest BCUT2D eigenvalue weighted by Gasteiger charge is 2.15. The van der Waals surface area contributed by atoms with Gasteiger partial charge < -0.3 is 9.47 Å². The Labute approximate surface area is 115 Å². The summed E-state index contributed by atoms with van der Waals surface area (Å²) in [5, 5.41) is 0. The third-order valence-electron chi connectivity index (χ3n) is 2.93. The lowest BCUT2D eigenvalue weighted by Gasteiger charge is -2.11. The second-order valence-electron chi connectivity index (χ2n) is 4.39. The zero-order chi connectivity index (χ0) is 14.1. The first-order valence-electron chi connectivity index (χ1n) is 6.62. The van der Waals surface area contributed by atoms with Crippen molar-refractivity contribution in [3.05, 3.63) is 41.5 Å². The predicted molar refractivity (Wildman–Crippen MR) is 76.8 cm³/mol. The van der Waals surface area contributed by atoms with Crippen LogP contribution >= 0.6 is 0 Å². The topological polar surface area (TPSA) is 35.5 Å². The number of benzene rings is 1. The van der Waals surface area contributed by atoms with Crippen molar-refractivity contribution in [2.45, 2.75) is 26.7 Å². The summed E-state index contributed by atoms with van der Waals surface area (Å²) in [5.41, 5.74) is 2.51. The Kier molecular flexibility index (Phi) is 6.90. The molecule has 0 spiro atoms. The van der Waals surface area contributed by atoms with Crippen LogP contribution in [0.15, 0.2) is 35.9 Å². The number of allylic oxidation sites excluding steroid dienone is 1. The van der Waals surface area contributed by atoms with E-state index in [0.29, 0.717) is 12.2 Å². The quantitative estimate of drug-likeness (QED) is 0.429. The molecule has 3 nitrogen and oxygen atoms in total. The van der Waals surface area contributed by atoms with Gasteiger partial charge in [0.25, 0.3) is 0 Å². The van der Waals surface area contributed by atoms with Crippen molar-refractivity contribution in [1.29, 1.82) is 0 Å². The van der Waals surface area contributed by atoms with Crippen LogP contribution in [0.2, 0.25) is 0 Å². The molecule has 0 heterocycles. The van der Waals surface area contributed by atoms with Gasteiger partial charge in [-0.1, -0.05) is 43.7 Å². The monoisotopic (exact) mass is 262 g/mol. The number of hydrogen-bond acceptors (Lipinski definition) is 3. The number of methoxy groups -OCH3 is 1. The van der Waals surface area contributed by atoms with E-state index in [9.17, 15) is 4.79 Å². The van der Waals surface area contributed by atoms with Crippen molar-refractivity contribution in [3.8, 4) is 0 Å². The van der Waals surface area contributed by atoms with Gasteiger partial charge in [0.1, 0.15) is 0 Å². The van der Waals surface area contributed by atoms with Gasteiger partial charge in [-0.3, -0.25) is 0 Å². The molecule has 0 saturated carbocycles. The van der Waals surface area contributed by atoms with Gasteiger partial charge in [0.15, 0.2) is 0 Å². The zero-order valence-corrected chi connectivity index (χ0v) is 11.9. The van der Waals surface area contributed by atoms with E-state index in [2.05, 4.69) is 6.92 Å². The van der Waals surface area contributed by atoms with E-state index in [4.69, 9.17) is 9.47 Å². The van der Waals surface area contributed by atoms with E-state index >= 15 is 0 Å². The Bertz CT molecular complexity index is 421. The summed E-state index contributed by atoms with van der Waals surface area (Å²) >= 11 is 0. The van der Waals surface area contributed by atoms with Crippen LogP contribution in [0.3, 0.4) is 0 Å². The summed E-state index contributed by atoms with van der Waals surface area (Å²) in [5.74, 6) is -0.281. The fourth-order valence-corrected chi connectivity index (χ4v) is 1.72. The lowest BCUT2D eigenvalue weighted by molar-refractivity contribution is -0.139. The molecule has 1 aromatic carbocycles. The van der Waals surface area contributed by atoms with Crippen LogP contribution < -0.4 is 0 Å². The van der Waals surface area contributed by atoms with Crippen LogP contribution in [0, 0.1) is 0 Å². The van der Waals surface area contributed by atoms with Crippen LogP contribution in [0.4, 0.5) is 0 Å². The smallest absolute Gasteiger partial charge is 0.336 e. The lowest BCUT2D eigenvalue weighted by Crippen LogP contribution is -2.14. The van der Waals surface area contributed by atoms with Gasteiger partial charge in [0.05, 0.1) is 18.8 Å². The molecule has 0 amide bonds. The Morgan fingerprint density at radius 1 is 1.21 bits per heavy atom. The maximum atomic E-state index is 12.1. The van der Waals surface area contributed by atoms with Gasteiger partial charge in [-0.2, -0.15) is 0 Å². The molecule has 0 aliphatic heterocycles. The van der Waals surface area contributed by atoms with Crippen LogP contribution in [0.25, 0.3) is 5.57 Å². The Morgan fingerprint density at radius 3 is 2.47 bits per heavy atom. The average Bonchev–Trinajstić information content (AvgIpc) is 2.45.